The number of nitrogens with zero attached hydrogens (tertiary/aromatic N) is 2. The number of Topliss-reactive ketones (excluding diaryl/α,β-unsaturated/α-hetero) is 1. The van der Waals surface area contributed by atoms with E-state index in [1.807, 2.05) is 37.3 Å². The Balaban J connectivity index is 1.61. The lowest BCUT2D eigenvalue weighted by Crippen LogP contribution is -2.54. The number of urea groups is 1. The summed E-state index contributed by atoms with van der Waals surface area (Å²) < 4.78 is 17.2. The zero-order chi connectivity index (χ0) is 32.4. The lowest BCUT2D eigenvalue weighted by molar-refractivity contribution is -0.149. The van der Waals surface area contributed by atoms with E-state index in [1.54, 1.807) is 25.1 Å². The highest BCUT2D eigenvalue weighted by molar-refractivity contribution is 6.20. The molecule has 10 heteroatoms. The number of ether oxygens (including phenoxy) is 3. The van der Waals surface area contributed by atoms with Crippen LogP contribution in [-0.2, 0) is 25.7 Å². The van der Waals surface area contributed by atoms with Crippen molar-refractivity contribution >= 4 is 29.3 Å². The number of imide groups is 1. The number of rotatable bonds is 19. The van der Waals surface area contributed by atoms with Gasteiger partial charge in [0.15, 0.2) is 11.8 Å². The van der Waals surface area contributed by atoms with Crippen LogP contribution >= 0.6 is 0 Å². The first-order valence-corrected chi connectivity index (χ1v) is 16.2. The highest BCUT2D eigenvalue weighted by atomic mass is 16.5. The third kappa shape index (κ3) is 8.03. The standard InChI is InChI=1S/C35H47N3O7/c1-5-8-9-10-11-15-22-45-28-19-18-26(43-4)23-27(28)36-31(40)29(30(39)35(6-2)20-21-35)38-32(41)33(44-7-3)37(34(38)42)24-25-16-13-12-14-17-25/h12-14,16-19,23,29,33H,5-11,15,20-22,24H2,1-4H3,(H,36,40). The summed E-state index contributed by atoms with van der Waals surface area (Å²) in [6, 6.07) is 11.8. The van der Waals surface area contributed by atoms with Crippen LogP contribution in [0.2, 0.25) is 0 Å². The molecule has 1 saturated carbocycles. The van der Waals surface area contributed by atoms with E-state index in [0.717, 1.165) is 29.7 Å². The topological polar surface area (TPSA) is 114 Å². The number of benzene rings is 2. The van der Waals surface area contributed by atoms with Crippen LogP contribution in [0.5, 0.6) is 11.5 Å². The van der Waals surface area contributed by atoms with Crippen molar-refractivity contribution in [3.63, 3.8) is 0 Å². The summed E-state index contributed by atoms with van der Waals surface area (Å²) in [6.07, 6.45) is 7.05. The van der Waals surface area contributed by atoms with Gasteiger partial charge in [0.2, 0.25) is 6.23 Å². The molecule has 0 bridgehead atoms. The van der Waals surface area contributed by atoms with Crippen molar-refractivity contribution in [3.8, 4) is 11.5 Å². The molecule has 1 aliphatic heterocycles. The number of amides is 4. The zero-order valence-corrected chi connectivity index (χ0v) is 27.0. The Bertz CT molecular complexity index is 1330. The molecule has 2 atom stereocenters. The van der Waals surface area contributed by atoms with Gasteiger partial charge in [0, 0.05) is 18.1 Å². The molecule has 2 fully saturated rings. The van der Waals surface area contributed by atoms with E-state index in [-0.39, 0.29) is 13.2 Å². The van der Waals surface area contributed by atoms with Gasteiger partial charge in [-0.1, -0.05) is 76.3 Å². The number of anilines is 1. The molecule has 1 saturated heterocycles. The molecule has 10 nitrogen and oxygen atoms in total. The van der Waals surface area contributed by atoms with Crippen LogP contribution in [0.3, 0.4) is 0 Å². The van der Waals surface area contributed by atoms with E-state index in [4.69, 9.17) is 14.2 Å². The fourth-order valence-electron chi connectivity index (χ4n) is 5.77. The predicted molar refractivity (Wildman–Crippen MR) is 171 cm³/mol. The third-order valence-corrected chi connectivity index (χ3v) is 8.71. The summed E-state index contributed by atoms with van der Waals surface area (Å²) in [5.74, 6) is -1.07. The second kappa shape index (κ2) is 15.9. The number of hydrogen-bond donors (Lipinski definition) is 1. The molecule has 1 heterocycles. The lowest BCUT2D eigenvalue weighted by atomic mass is 9.91. The Labute approximate surface area is 266 Å². The van der Waals surface area contributed by atoms with Crippen molar-refractivity contribution in [1.29, 1.82) is 0 Å². The number of hydrogen-bond acceptors (Lipinski definition) is 7. The van der Waals surface area contributed by atoms with Gasteiger partial charge in [0.25, 0.3) is 11.8 Å². The second-order valence-corrected chi connectivity index (χ2v) is 11.8. The molecule has 2 aromatic carbocycles. The fourth-order valence-corrected chi connectivity index (χ4v) is 5.77. The third-order valence-electron chi connectivity index (χ3n) is 8.71. The van der Waals surface area contributed by atoms with Crippen molar-refractivity contribution in [1.82, 2.24) is 9.80 Å². The molecule has 45 heavy (non-hydrogen) atoms. The number of nitrogens with one attached hydrogen (secondary N) is 1. The Kier molecular flexibility index (Phi) is 12.0. The number of ketones is 1. The molecular formula is C35H47N3O7. The quantitative estimate of drug-likeness (QED) is 0.111. The number of methoxy groups -OCH3 is 1. The van der Waals surface area contributed by atoms with Gasteiger partial charge in [0.1, 0.15) is 11.5 Å². The van der Waals surface area contributed by atoms with Crippen LogP contribution in [-0.4, -0.2) is 66.0 Å². The van der Waals surface area contributed by atoms with Crippen LogP contribution in [0.25, 0.3) is 0 Å². The molecule has 0 aromatic heterocycles. The fraction of sp³-hybridized carbons (Fsp3) is 0.543. The van der Waals surface area contributed by atoms with Crippen molar-refractivity contribution in [2.45, 2.75) is 97.4 Å². The van der Waals surface area contributed by atoms with Gasteiger partial charge in [-0.25, -0.2) is 9.69 Å². The number of carbonyl (C=O) groups excluding carboxylic acids is 4. The molecule has 244 valence electrons. The summed E-state index contributed by atoms with van der Waals surface area (Å²) in [5, 5.41) is 2.82. The molecule has 4 rings (SSSR count). The zero-order valence-electron chi connectivity index (χ0n) is 27.0. The van der Waals surface area contributed by atoms with Crippen LogP contribution in [0.1, 0.15) is 84.1 Å². The van der Waals surface area contributed by atoms with Gasteiger partial charge in [0.05, 0.1) is 25.9 Å². The molecular weight excluding hydrogens is 574 g/mol. The first kappa shape index (κ1) is 34.0. The summed E-state index contributed by atoms with van der Waals surface area (Å²) in [5.41, 5.74) is 0.321. The monoisotopic (exact) mass is 621 g/mol. The van der Waals surface area contributed by atoms with Gasteiger partial charge in [-0.15, -0.1) is 0 Å². The van der Waals surface area contributed by atoms with E-state index in [0.29, 0.717) is 43.1 Å². The van der Waals surface area contributed by atoms with Crippen LogP contribution in [0.4, 0.5) is 10.5 Å². The molecule has 0 spiro atoms. The molecule has 4 amide bonds. The van der Waals surface area contributed by atoms with Gasteiger partial charge in [-0.05, 0) is 50.3 Å². The summed E-state index contributed by atoms with van der Waals surface area (Å²) in [6.45, 7) is 6.49. The van der Waals surface area contributed by atoms with Crippen molar-refractivity contribution in [2.75, 3.05) is 25.6 Å². The minimum absolute atomic E-state index is 0.0837. The largest absolute Gasteiger partial charge is 0.497 e. The Morgan fingerprint density at radius 3 is 2.33 bits per heavy atom. The molecule has 1 N–H and O–H groups in total. The normalized spacial score (nSPS) is 17.7. The molecule has 2 aliphatic rings. The van der Waals surface area contributed by atoms with Crippen molar-refractivity contribution < 1.29 is 33.4 Å². The minimum atomic E-state index is -1.67. The SMILES string of the molecule is CCCCCCCCOc1ccc(OC)cc1NC(=O)C(C(=O)C1(CC)CC1)N1C(=O)C(OCC)N(Cc2ccccc2)C1=O. The Hall–Kier alpha value is -3.92. The smallest absolute Gasteiger partial charge is 0.330 e. The summed E-state index contributed by atoms with van der Waals surface area (Å²) in [4.78, 5) is 58.1. The first-order chi connectivity index (χ1) is 21.8. The van der Waals surface area contributed by atoms with Gasteiger partial charge < -0.3 is 19.5 Å². The predicted octanol–water partition coefficient (Wildman–Crippen LogP) is 6.33. The maximum atomic E-state index is 14.1. The number of unbranched alkanes of at least 4 members (excludes halogenated alkanes) is 5. The molecule has 2 aromatic rings. The maximum absolute atomic E-state index is 14.1. The van der Waals surface area contributed by atoms with Gasteiger partial charge >= 0.3 is 6.03 Å². The van der Waals surface area contributed by atoms with Crippen LogP contribution in [0, 0.1) is 5.41 Å². The average Bonchev–Trinajstić information content (AvgIpc) is 3.82. The molecule has 2 unspecified atom stereocenters. The summed E-state index contributed by atoms with van der Waals surface area (Å²) >= 11 is 0. The van der Waals surface area contributed by atoms with Gasteiger partial charge in [-0.2, -0.15) is 0 Å². The van der Waals surface area contributed by atoms with Crippen LogP contribution < -0.4 is 14.8 Å². The van der Waals surface area contributed by atoms with Crippen molar-refractivity contribution in [2.24, 2.45) is 5.41 Å². The highest BCUT2D eigenvalue weighted by Gasteiger charge is 2.59. The number of carbonyl (C=O) groups is 4. The molecule has 0 radical (unpaired) electrons. The van der Waals surface area contributed by atoms with E-state index >= 15 is 0 Å². The second-order valence-electron chi connectivity index (χ2n) is 11.8. The Morgan fingerprint density at radius 2 is 1.69 bits per heavy atom. The maximum Gasteiger partial charge on any atom is 0.330 e. The van der Waals surface area contributed by atoms with Gasteiger partial charge in [-0.3, -0.25) is 19.3 Å². The lowest BCUT2D eigenvalue weighted by Gasteiger charge is -2.27. The Morgan fingerprint density at radius 1 is 0.978 bits per heavy atom. The van der Waals surface area contributed by atoms with E-state index in [9.17, 15) is 19.2 Å². The minimum Gasteiger partial charge on any atom is -0.497 e. The van der Waals surface area contributed by atoms with E-state index in [1.165, 1.54) is 31.3 Å². The van der Waals surface area contributed by atoms with E-state index in [2.05, 4.69) is 12.2 Å². The molecule has 1 aliphatic carbocycles. The van der Waals surface area contributed by atoms with Crippen molar-refractivity contribution in [3.05, 3.63) is 54.1 Å². The highest BCUT2D eigenvalue weighted by Crippen LogP contribution is 2.51. The van der Waals surface area contributed by atoms with E-state index < -0.39 is 41.3 Å². The average molecular weight is 622 g/mol. The summed E-state index contributed by atoms with van der Waals surface area (Å²) in [7, 11) is 1.51. The van der Waals surface area contributed by atoms with Crippen LogP contribution in [0.15, 0.2) is 48.5 Å². The first-order valence-electron chi connectivity index (χ1n) is 16.2.